The van der Waals surface area contributed by atoms with E-state index in [1.807, 2.05) is 0 Å². The lowest BCUT2D eigenvalue weighted by atomic mass is 10.0. The average molecular weight is 219 g/mol. The van der Waals surface area contributed by atoms with E-state index in [0.717, 1.165) is 6.04 Å². The van der Waals surface area contributed by atoms with Crippen LogP contribution in [0.2, 0.25) is 0 Å². The van der Waals surface area contributed by atoms with E-state index in [-0.39, 0.29) is 0 Å². The van der Waals surface area contributed by atoms with Crippen LogP contribution in [0.4, 0.5) is 0 Å². The molecular weight excluding hydrogens is 194 g/mol. The van der Waals surface area contributed by atoms with Crippen molar-refractivity contribution in [3.8, 4) is 0 Å². The minimum Gasteiger partial charge on any atom is -0.301 e. The van der Waals surface area contributed by atoms with E-state index in [2.05, 4.69) is 56.0 Å². The highest BCUT2D eigenvalue weighted by atomic mass is 15.1. The van der Waals surface area contributed by atoms with Gasteiger partial charge in [0.2, 0.25) is 0 Å². The van der Waals surface area contributed by atoms with Crippen LogP contribution in [0.15, 0.2) is 30.3 Å². The molecule has 0 aliphatic carbocycles. The molecular formula is C15H25N. The van der Waals surface area contributed by atoms with Crippen molar-refractivity contribution in [3.05, 3.63) is 35.9 Å². The van der Waals surface area contributed by atoms with Crippen LogP contribution in [-0.2, 0) is 6.42 Å². The van der Waals surface area contributed by atoms with Crippen LogP contribution < -0.4 is 0 Å². The minimum atomic E-state index is 0.721. The zero-order chi connectivity index (χ0) is 11.8. The molecule has 1 unspecified atom stereocenters. The van der Waals surface area contributed by atoms with Crippen LogP contribution in [0, 0.1) is 0 Å². The van der Waals surface area contributed by atoms with E-state index in [0.29, 0.717) is 0 Å². The van der Waals surface area contributed by atoms with Gasteiger partial charge in [-0.1, -0.05) is 44.2 Å². The highest BCUT2D eigenvalue weighted by Gasteiger charge is 2.08. The normalized spacial score (nSPS) is 13.0. The summed E-state index contributed by atoms with van der Waals surface area (Å²) in [6.07, 6.45) is 3.81. The van der Waals surface area contributed by atoms with Crippen LogP contribution in [0.3, 0.4) is 0 Å². The SMILES string of the molecule is CCN(CC)C(C)CCCc1ccccc1. The second kappa shape index (κ2) is 7.45. The topological polar surface area (TPSA) is 3.24 Å². The van der Waals surface area contributed by atoms with Gasteiger partial charge in [0, 0.05) is 6.04 Å². The lowest BCUT2D eigenvalue weighted by Crippen LogP contribution is -2.32. The van der Waals surface area contributed by atoms with Crippen LogP contribution in [-0.4, -0.2) is 24.0 Å². The van der Waals surface area contributed by atoms with Crippen molar-refractivity contribution in [2.75, 3.05) is 13.1 Å². The summed E-state index contributed by atoms with van der Waals surface area (Å²) in [7, 11) is 0. The maximum atomic E-state index is 2.53. The van der Waals surface area contributed by atoms with Crippen molar-refractivity contribution in [2.45, 2.75) is 46.1 Å². The van der Waals surface area contributed by atoms with Gasteiger partial charge in [0.25, 0.3) is 0 Å². The van der Waals surface area contributed by atoms with Crippen molar-refractivity contribution >= 4 is 0 Å². The number of rotatable bonds is 7. The van der Waals surface area contributed by atoms with E-state index >= 15 is 0 Å². The van der Waals surface area contributed by atoms with E-state index in [4.69, 9.17) is 0 Å². The molecule has 0 aliphatic heterocycles. The van der Waals surface area contributed by atoms with E-state index in [9.17, 15) is 0 Å². The summed E-state index contributed by atoms with van der Waals surface area (Å²) in [6.45, 7) is 9.18. The predicted octanol–water partition coefficient (Wildman–Crippen LogP) is 3.74. The molecule has 0 aliphatic rings. The molecule has 1 rings (SSSR count). The van der Waals surface area contributed by atoms with Gasteiger partial charge in [0.1, 0.15) is 0 Å². The van der Waals surface area contributed by atoms with Gasteiger partial charge in [-0.05, 0) is 44.8 Å². The number of hydrogen-bond donors (Lipinski definition) is 0. The van der Waals surface area contributed by atoms with Crippen molar-refractivity contribution in [2.24, 2.45) is 0 Å². The molecule has 0 aromatic heterocycles. The standard InChI is InChI=1S/C15H25N/c1-4-16(5-2)14(3)10-9-13-15-11-7-6-8-12-15/h6-8,11-12,14H,4-5,9-10,13H2,1-3H3. The molecule has 0 saturated carbocycles. The summed E-state index contributed by atoms with van der Waals surface area (Å²) in [4.78, 5) is 2.53. The highest BCUT2D eigenvalue weighted by Crippen LogP contribution is 2.10. The third-order valence-corrected chi connectivity index (χ3v) is 3.37. The molecule has 0 heterocycles. The van der Waals surface area contributed by atoms with Crippen molar-refractivity contribution in [1.82, 2.24) is 4.90 Å². The third kappa shape index (κ3) is 4.36. The first-order valence-electron chi connectivity index (χ1n) is 6.55. The summed E-state index contributed by atoms with van der Waals surface area (Å²) in [5.74, 6) is 0. The molecule has 0 saturated heterocycles. The van der Waals surface area contributed by atoms with Crippen LogP contribution >= 0.6 is 0 Å². The first kappa shape index (κ1) is 13.2. The van der Waals surface area contributed by atoms with E-state index in [1.54, 1.807) is 0 Å². The van der Waals surface area contributed by atoms with Gasteiger partial charge in [-0.2, -0.15) is 0 Å². The van der Waals surface area contributed by atoms with Crippen molar-refractivity contribution in [1.29, 1.82) is 0 Å². The van der Waals surface area contributed by atoms with Crippen LogP contribution in [0.25, 0.3) is 0 Å². The maximum absolute atomic E-state index is 2.53. The molecule has 1 nitrogen and oxygen atoms in total. The Labute approximate surface area is 100 Å². The molecule has 0 spiro atoms. The van der Waals surface area contributed by atoms with Crippen molar-refractivity contribution < 1.29 is 0 Å². The predicted molar refractivity (Wildman–Crippen MR) is 71.8 cm³/mol. The summed E-state index contributed by atoms with van der Waals surface area (Å²) >= 11 is 0. The summed E-state index contributed by atoms with van der Waals surface area (Å²) < 4.78 is 0. The van der Waals surface area contributed by atoms with Gasteiger partial charge in [0.05, 0.1) is 0 Å². The zero-order valence-corrected chi connectivity index (χ0v) is 10.9. The average Bonchev–Trinajstić information content (AvgIpc) is 2.32. The monoisotopic (exact) mass is 219 g/mol. The summed E-state index contributed by atoms with van der Waals surface area (Å²) in [5, 5.41) is 0. The maximum Gasteiger partial charge on any atom is 0.00668 e. The van der Waals surface area contributed by atoms with Gasteiger partial charge < -0.3 is 4.90 Å². The number of hydrogen-bond acceptors (Lipinski definition) is 1. The molecule has 90 valence electrons. The molecule has 0 amide bonds. The van der Waals surface area contributed by atoms with Crippen LogP contribution in [0.1, 0.15) is 39.2 Å². The first-order chi connectivity index (χ1) is 7.77. The Kier molecular flexibility index (Phi) is 6.17. The van der Waals surface area contributed by atoms with Gasteiger partial charge in [0.15, 0.2) is 0 Å². The quantitative estimate of drug-likeness (QED) is 0.675. The molecule has 0 bridgehead atoms. The van der Waals surface area contributed by atoms with E-state index in [1.165, 1.54) is 37.9 Å². The molecule has 0 fully saturated rings. The van der Waals surface area contributed by atoms with Gasteiger partial charge in [-0.15, -0.1) is 0 Å². The minimum absolute atomic E-state index is 0.721. The third-order valence-electron chi connectivity index (χ3n) is 3.37. The summed E-state index contributed by atoms with van der Waals surface area (Å²) in [6, 6.07) is 11.5. The smallest absolute Gasteiger partial charge is 0.00668 e. The highest BCUT2D eigenvalue weighted by molar-refractivity contribution is 5.14. The number of benzene rings is 1. The van der Waals surface area contributed by atoms with Crippen molar-refractivity contribution in [3.63, 3.8) is 0 Å². The molecule has 0 N–H and O–H groups in total. The Morgan fingerprint density at radius 2 is 1.69 bits per heavy atom. The Morgan fingerprint density at radius 3 is 2.25 bits per heavy atom. The fourth-order valence-corrected chi connectivity index (χ4v) is 2.28. The number of nitrogens with zero attached hydrogens (tertiary/aromatic N) is 1. The van der Waals surface area contributed by atoms with Gasteiger partial charge in [-0.25, -0.2) is 0 Å². The summed E-state index contributed by atoms with van der Waals surface area (Å²) in [5.41, 5.74) is 1.47. The number of aryl methyl sites for hydroxylation is 1. The Bertz CT molecular complexity index is 264. The molecule has 1 atom stereocenters. The molecule has 0 radical (unpaired) electrons. The second-order valence-corrected chi connectivity index (χ2v) is 4.45. The van der Waals surface area contributed by atoms with E-state index < -0.39 is 0 Å². The molecule has 1 aromatic rings. The zero-order valence-electron chi connectivity index (χ0n) is 10.9. The Balaban J connectivity index is 2.25. The molecule has 1 heteroatoms. The van der Waals surface area contributed by atoms with Gasteiger partial charge in [-0.3, -0.25) is 0 Å². The molecule has 1 aromatic carbocycles. The largest absolute Gasteiger partial charge is 0.301 e. The Hall–Kier alpha value is -0.820. The van der Waals surface area contributed by atoms with Gasteiger partial charge >= 0.3 is 0 Å². The Morgan fingerprint density at radius 1 is 1.06 bits per heavy atom. The fraction of sp³-hybridized carbons (Fsp3) is 0.600. The lowest BCUT2D eigenvalue weighted by molar-refractivity contribution is 0.218. The fourth-order valence-electron chi connectivity index (χ4n) is 2.28. The second-order valence-electron chi connectivity index (χ2n) is 4.45. The molecule has 16 heavy (non-hydrogen) atoms. The first-order valence-corrected chi connectivity index (χ1v) is 6.55. The van der Waals surface area contributed by atoms with Crippen LogP contribution in [0.5, 0.6) is 0 Å². The lowest BCUT2D eigenvalue weighted by Gasteiger charge is -2.26.